The Kier molecular flexibility index (Phi) is 3.35. The molecule has 4 nitrogen and oxygen atoms in total. The zero-order valence-electron chi connectivity index (χ0n) is 8.88. The fraction of sp³-hybridized carbons (Fsp3) is 0.0833. The van der Waals surface area contributed by atoms with Gasteiger partial charge in [0.1, 0.15) is 11.5 Å². The first-order chi connectivity index (χ1) is 7.88. The van der Waals surface area contributed by atoms with Crippen molar-refractivity contribution in [1.82, 2.24) is 4.98 Å². The Morgan fingerprint density at radius 3 is 2.50 bits per heavy atom. The second-order valence-corrected chi connectivity index (χ2v) is 3.12. The number of pyridine rings is 1. The third kappa shape index (κ3) is 2.71. The normalized spacial score (nSPS) is 9.81. The molecule has 0 unspecified atom stereocenters. The van der Waals surface area contributed by atoms with Crippen molar-refractivity contribution in [2.75, 3.05) is 12.6 Å². The van der Waals surface area contributed by atoms with Crippen LogP contribution in [0.4, 0.5) is 5.69 Å². The molecule has 1 N–H and O–H groups in total. The molecule has 0 fully saturated rings. The largest absolute Gasteiger partial charge is 0.456 e. The Hall–Kier alpha value is -2.07. The van der Waals surface area contributed by atoms with E-state index in [2.05, 4.69) is 10.5 Å². The Morgan fingerprint density at radius 2 is 1.88 bits per heavy atom. The average molecular weight is 216 g/mol. The third-order valence-electron chi connectivity index (χ3n) is 1.94. The van der Waals surface area contributed by atoms with Crippen LogP contribution in [0.15, 0.2) is 48.8 Å². The Morgan fingerprint density at radius 1 is 1.06 bits per heavy atom. The highest BCUT2D eigenvalue weighted by molar-refractivity contribution is 5.45. The average Bonchev–Trinajstić information content (AvgIpc) is 2.33. The summed E-state index contributed by atoms with van der Waals surface area (Å²) in [7, 11) is 1.57. The maximum atomic E-state index is 5.58. The minimum Gasteiger partial charge on any atom is -0.456 e. The van der Waals surface area contributed by atoms with E-state index in [1.54, 1.807) is 19.5 Å². The first-order valence-electron chi connectivity index (χ1n) is 4.85. The molecule has 0 aliphatic carbocycles. The highest BCUT2D eigenvalue weighted by Gasteiger charge is 1.96. The number of benzene rings is 1. The highest BCUT2D eigenvalue weighted by atomic mass is 16.6. The third-order valence-corrected chi connectivity index (χ3v) is 1.94. The molecule has 16 heavy (non-hydrogen) atoms. The predicted molar refractivity (Wildman–Crippen MR) is 61.4 cm³/mol. The quantitative estimate of drug-likeness (QED) is 0.798. The fourth-order valence-electron chi connectivity index (χ4n) is 1.25. The summed E-state index contributed by atoms with van der Waals surface area (Å²) in [6.07, 6.45) is 3.37. The lowest BCUT2D eigenvalue weighted by Crippen LogP contribution is -1.94. The summed E-state index contributed by atoms with van der Waals surface area (Å²) in [5, 5.41) is 0. The van der Waals surface area contributed by atoms with E-state index in [1.165, 1.54) is 0 Å². The molecular weight excluding hydrogens is 204 g/mol. The molecule has 1 aromatic carbocycles. The van der Waals surface area contributed by atoms with Crippen LogP contribution in [0.2, 0.25) is 0 Å². The first-order valence-corrected chi connectivity index (χ1v) is 4.85. The zero-order chi connectivity index (χ0) is 11.2. The number of anilines is 1. The summed E-state index contributed by atoms with van der Waals surface area (Å²) in [5.74, 6) is 1.48. The molecule has 0 amide bonds. The lowest BCUT2D eigenvalue weighted by Gasteiger charge is -2.06. The summed E-state index contributed by atoms with van der Waals surface area (Å²) in [5.41, 5.74) is 3.61. The van der Waals surface area contributed by atoms with E-state index >= 15 is 0 Å². The first kappa shape index (κ1) is 10.4. The van der Waals surface area contributed by atoms with Crippen LogP contribution in [0, 0.1) is 0 Å². The van der Waals surface area contributed by atoms with Crippen LogP contribution in [-0.2, 0) is 4.84 Å². The monoisotopic (exact) mass is 216 g/mol. The molecule has 0 saturated heterocycles. The molecule has 0 radical (unpaired) electrons. The zero-order valence-corrected chi connectivity index (χ0v) is 8.88. The molecule has 1 aromatic heterocycles. The van der Waals surface area contributed by atoms with Gasteiger partial charge in [-0.1, -0.05) is 0 Å². The van der Waals surface area contributed by atoms with Crippen LogP contribution in [0.1, 0.15) is 0 Å². The van der Waals surface area contributed by atoms with Crippen LogP contribution in [0.25, 0.3) is 0 Å². The summed E-state index contributed by atoms with van der Waals surface area (Å²) < 4.78 is 5.58. The van der Waals surface area contributed by atoms with Crippen molar-refractivity contribution in [2.45, 2.75) is 0 Å². The molecule has 0 saturated carbocycles. The van der Waals surface area contributed by atoms with E-state index < -0.39 is 0 Å². The van der Waals surface area contributed by atoms with Crippen molar-refractivity contribution in [1.29, 1.82) is 0 Å². The van der Waals surface area contributed by atoms with Gasteiger partial charge in [-0.15, -0.1) is 0 Å². The molecule has 1 heterocycles. The predicted octanol–water partition coefficient (Wildman–Crippen LogP) is 2.85. The van der Waals surface area contributed by atoms with E-state index in [-0.39, 0.29) is 0 Å². The van der Waals surface area contributed by atoms with Gasteiger partial charge in [-0.2, -0.15) is 0 Å². The van der Waals surface area contributed by atoms with Gasteiger partial charge in [-0.25, -0.2) is 0 Å². The number of hydrogen-bond donors (Lipinski definition) is 1. The second kappa shape index (κ2) is 5.14. The van der Waals surface area contributed by atoms with Gasteiger partial charge in [-0.05, 0) is 36.4 Å². The van der Waals surface area contributed by atoms with Crippen molar-refractivity contribution in [3.8, 4) is 11.5 Å². The van der Waals surface area contributed by atoms with Crippen LogP contribution in [0.5, 0.6) is 11.5 Å². The smallest absolute Gasteiger partial charge is 0.145 e. The molecule has 82 valence electrons. The maximum Gasteiger partial charge on any atom is 0.145 e. The number of nitrogens with one attached hydrogen (secondary N) is 1. The van der Waals surface area contributed by atoms with Crippen LogP contribution in [0.3, 0.4) is 0 Å². The van der Waals surface area contributed by atoms with Gasteiger partial charge in [0.25, 0.3) is 0 Å². The molecule has 0 bridgehead atoms. The van der Waals surface area contributed by atoms with E-state index in [4.69, 9.17) is 9.57 Å². The van der Waals surface area contributed by atoms with Gasteiger partial charge in [-0.3, -0.25) is 15.3 Å². The minimum atomic E-state index is 0.718. The Balaban J connectivity index is 2.05. The number of hydrogen-bond acceptors (Lipinski definition) is 4. The molecule has 4 heteroatoms. The number of ether oxygens (including phenoxy) is 1. The molecule has 2 rings (SSSR count). The van der Waals surface area contributed by atoms with Crippen molar-refractivity contribution >= 4 is 5.69 Å². The summed E-state index contributed by atoms with van der Waals surface area (Å²) in [4.78, 5) is 8.76. The topological polar surface area (TPSA) is 43.4 Å². The second-order valence-electron chi connectivity index (χ2n) is 3.12. The number of nitrogens with zero attached hydrogens (tertiary/aromatic N) is 1. The molecule has 0 atom stereocenters. The number of rotatable bonds is 4. The Bertz CT molecular complexity index is 429. The molecule has 0 aliphatic rings. The summed E-state index contributed by atoms with van der Waals surface area (Å²) in [6, 6.07) is 11.1. The van der Waals surface area contributed by atoms with Crippen LogP contribution >= 0.6 is 0 Å². The molecule has 2 aromatic rings. The van der Waals surface area contributed by atoms with Crippen molar-refractivity contribution in [3.05, 3.63) is 48.8 Å². The minimum absolute atomic E-state index is 0.718. The SMILES string of the molecule is CONc1ccc(Oc2cccnc2)cc1. The molecular formula is C12H12N2O2. The maximum absolute atomic E-state index is 5.58. The summed E-state index contributed by atoms with van der Waals surface area (Å²) >= 11 is 0. The highest BCUT2D eigenvalue weighted by Crippen LogP contribution is 2.21. The Labute approximate surface area is 93.8 Å². The molecule has 0 spiro atoms. The van der Waals surface area contributed by atoms with Crippen LogP contribution in [-0.4, -0.2) is 12.1 Å². The van der Waals surface area contributed by atoms with Gasteiger partial charge in [0.15, 0.2) is 0 Å². The standard InChI is InChI=1S/C12H12N2O2/c1-15-14-10-4-6-11(7-5-10)16-12-3-2-8-13-9-12/h2-9,14H,1H3. The van der Waals surface area contributed by atoms with Gasteiger partial charge >= 0.3 is 0 Å². The lowest BCUT2D eigenvalue weighted by atomic mass is 10.3. The van der Waals surface area contributed by atoms with Gasteiger partial charge in [0.2, 0.25) is 0 Å². The summed E-state index contributed by atoms with van der Waals surface area (Å²) in [6.45, 7) is 0. The van der Waals surface area contributed by atoms with E-state index in [0.29, 0.717) is 0 Å². The van der Waals surface area contributed by atoms with Crippen molar-refractivity contribution in [3.63, 3.8) is 0 Å². The van der Waals surface area contributed by atoms with E-state index in [0.717, 1.165) is 17.2 Å². The van der Waals surface area contributed by atoms with Gasteiger partial charge < -0.3 is 4.74 Å². The lowest BCUT2D eigenvalue weighted by molar-refractivity contribution is 0.271. The van der Waals surface area contributed by atoms with E-state index in [1.807, 2.05) is 36.4 Å². The molecule has 0 aliphatic heterocycles. The van der Waals surface area contributed by atoms with Crippen LogP contribution < -0.4 is 10.2 Å². The van der Waals surface area contributed by atoms with Gasteiger partial charge in [0.05, 0.1) is 19.0 Å². The van der Waals surface area contributed by atoms with Gasteiger partial charge in [0, 0.05) is 6.20 Å². The van der Waals surface area contributed by atoms with Crippen molar-refractivity contribution in [2.24, 2.45) is 0 Å². The number of aromatic nitrogens is 1. The van der Waals surface area contributed by atoms with E-state index in [9.17, 15) is 0 Å². The van der Waals surface area contributed by atoms with Crippen molar-refractivity contribution < 1.29 is 9.57 Å². The fourth-order valence-corrected chi connectivity index (χ4v) is 1.25.